The third-order valence-corrected chi connectivity index (χ3v) is 2.83. The molecule has 2 heteroatoms. The summed E-state index contributed by atoms with van der Waals surface area (Å²) in [5.74, 6) is 0.596. The van der Waals surface area contributed by atoms with Gasteiger partial charge in [-0.2, -0.15) is 0 Å². The summed E-state index contributed by atoms with van der Waals surface area (Å²) >= 11 is 0. The Hall–Kier alpha value is -0.0800. The monoisotopic (exact) mass is 141 g/mol. The molecular formula is C8H15NO. The molecule has 2 bridgehead atoms. The maximum atomic E-state index is 8.93. The van der Waals surface area contributed by atoms with Crippen LogP contribution in [-0.2, 0) is 0 Å². The molecular weight excluding hydrogens is 126 g/mol. The van der Waals surface area contributed by atoms with E-state index in [1.54, 1.807) is 0 Å². The number of aliphatic hydroxyl groups excluding tert-OH is 1. The SMILES string of the molecule is OCC1CC2CC[C@@H](C1)N2. The first-order valence-corrected chi connectivity index (χ1v) is 4.25. The zero-order valence-electron chi connectivity index (χ0n) is 6.21. The molecule has 2 rings (SSSR count). The van der Waals surface area contributed by atoms with Gasteiger partial charge in [-0.3, -0.25) is 0 Å². The third-order valence-electron chi connectivity index (χ3n) is 2.83. The van der Waals surface area contributed by atoms with Gasteiger partial charge in [0.25, 0.3) is 0 Å². The molecule has 2 N–H and O–H groups in total. The fourth-order valence-electron chi connectivity index (χ4n) is 2.32. The maximum Gasteiger partial charge on any atom is 0.0460 e. The lowest BCUT2D eigenvalue weighted by atomic mass is 9.93. The van der Waals surface area contributed by atoms with Crippen LogP contribution in [0.5, 0.6) is 0 Å². The second-order valence-corrected chi connectivity index (χ2v) is 3.66. The molecule has 2 unspecified atom stereocenters. The van der Waals surface area contributed by atoms with Crippen LogP contribution in [0.1, 0.15) is 25.7 Å². The molecule has 2 fully saturated rings. The molecule has 0 radical (unpaired) electrons. The van der Waals surface area contributed by atoms with Crippen LogP contribution in [-0.4, -0.2) is 23.8 Å². The average Bonchev–Trinajstić information content (AvgIpc) is 2.30. The van der Waals surface area contributed by atoms with Crippen LogP contribution in [0.15, 0.2) is 0 Å². The van der Waals surface area contributed by atoms with Crippen molar-refractivity contribution >= 4 is 0 Å². The standard InChI is InChI=1S/C8H15NO/c10-5-6-3-7-1-2-8(4-6)9-7/h6-10H,1-5H2/t6?,7-,8?/m0/s1. The van der Waals surface area contributed by atoms with Gasteiger partial charge in [0.2, 0.25) is 0 Å². The molecule has 2 saturated heterocycles. The lowest BCUT2D eigenvalue weighted by Crippen LogP contribution is -2.38. The topological polar surface area (TPSA) is 32.3 Å². The van der Waals surface area contributed by atoms with Gasteiger partial charge in [-0.15, -0.1) is 0 Å². The number of hydrogen-bond acceptors (Lipinski definition) is 2. The van der Waals surface area contributed by atoms with E-state index >= 15 is 0 Å². The molecule has 2 aliphatic heterocycles. The summed E-state index contributed by atoms with van der Waals surface area (Å²) in [6, 6.07) is 1.46. The minimum Gasteiger partial charge on any atom is -0.396 e. The molecule has 58 valence electrons. The average molecular weight is 141 g/mol. The number of nitrogens with one attached hydrogen (secondary N) is 1. The van der Waals surface area contributed by atoms with Gasteiger partial charge >= 0.3 is 0 Å². The van der Waals surface area contributed by atoms with Gasteiger partial charge in [0.05, 0.1) is 0 Å². The van der Waals surface area contributed by atoms with Gasteiger partial charge < -0.3 is 10.4 Å². The third kappa shape index (κ3) is 1.06. The van der Waals surface area contributed by atoms with Gasteiger partial charge in [0, 0.05) is 18.7 Å². The van der Waals surface area contributed by atoms with E-state index in [4.69, 9.17) is 5.11 Å². The van der Waals surface area contributed by atoms with Crippen LogP contribution in [0.2, 0.25) is 0 Å². The van der Waals surface area contributed by atoms with Crippen LogP contribution < -0.4 is 5.32 Å². The first-order valence-electron chi connectivity index (χ1n) is 4.25. The van der Waals surface area contributed by atoms with E-state index in [-0.39, 0.29) is 0 Å². The van der Waals surface area contributed by atoms with E-state index in [0.29, 0.717) is 12.5 Å². The first-order chi connectivity index (χ1) is 4.88. The summed E-state index contributed by atoms with van der Waals surface area (Å²) in [7, 11) is 0. The number of fused-ring (bicyclic) bond motifs is 2. The summed E-state index contributed by atoms with van der Waals surface area (Å²) in [5, 5.41) is 12.5. The van der Waals surface area contributed by atoms with Crippen molar-refractivity contribution in [3.63, 3.8) is 0 Å². The molecule has 2 aliphatic rings. The predicted octanol–water partition coefficient (Wildman–Crippen LogP) is 0.509. The molecule has 0 spiro atoms. The molecule has 2 nitrogen and oxygen atoms in total. The molecule has 0 aliphatic carbocycles. The van der Waals surface area contributed by atoms with Crippen molar-refractivity contribution < 1.29 is 5.11 Å². The molecule has 0 saturated carbocycles. The molecule has 3 atom stereocenters. The van der Waals surface area contributed by atoms with Crippen molar-refractivity contribution in [2.75, 3.05) is 6.61 Å². The number of piperidine rings is 1. The van der Waals surface area contributed by atoms with Crippen molar-refractivity contribution in [3.05, 3.63) is 0 Å². The van der Waals surface area contributed by atoms with E-state index in [9.17, 15) is 0 Å². The van der Waals surface area contributed by atoms with E-state index < -0.39 is 0 Å². The zero-order chi connectivity index (χ0) is 6.97. The minimum absolute atomic E-state index is 0.398. The summed E-state index contributed by atoms with van der Waals surface area (Å²) in [4.78, 5) is 0. The van der Waals surface area contributed by atoms with Crippen molar-refractivity contribution in [1.82, 2.24) is 5.32 Å². The molecule has 2 heterocycles. The summed E-state index contributed by atoms with van der Waals surface area (Å²) in [5.41, 5.74) is 0. The molecule has 10 heavy (non-hydrogen) atoms. The second-order valence-electron chi connectivity index (χ2n) is 3.66. The Morgan fingerprint density at radius 2 is 1.80 bits per heavy atom. The Morgan fingerprint density at radius 3 is 2.30 bits per heavy atom. The number of rotatable bonds is 1. The summed E-state index contributed by atoms with van der Waals surface area (Å²) in [6.07, 6.45) is 5.07. The van der Waals surface area contributed by atoms with Crippen molar-refractivity contribution in [3.8, 4) is 0 Å². The second kappa shape index (κ2) is 2.51. The Balaban J connectivity index is 1.96. The summed E-state index contributed by atoms with van der Waals surface area (Å²) in [6.45, 7) is 0.398. The quantitative estimate of drug-likeness (QED) is 0.557. The molecule has 0 aromatic rings. The van der Waals surface area contributed by atoms with E-state index in [1.807, 2.05) is 0 Å². The lowest BCUT2D eigenvalue weighted by molar-refractivity contribution is 0.174. The molecule has 0 aromatic heterocycles. The van der Waals surface area contributed by atoms with Gasteiger partial charge in [0.1, 0.15) is 0 Å². The zero-order valence-corrected chi connectivity index (χ0v) is 6.21. The fraction of sp³-hybridized carbons (Fsp3) is 1.00. The highest BCUT2D eigenvalue weighted by Crippen LogP contribution is 2.30. The van der Waals surface area contributed by atoms with E-state index in [0.717, 1.165) is 12.1 Å². The Kier molecular flexibility index (Phi) is 1.66. The van der Waals surface area contributed by atoms with Gasteiger partial charge in [-0.1, -0.05) is 0 Å². The van der Waals surface area contributed by atoms with Crippen LogP contribution in [0.4, 0.5) is 0 Å². The maximum absolute atomic E-state index is 8.93. The smallest absolute Gasteiger partial charge is 0.0460 e. The van der Waals surface area contributed by atoms with Crippen LogP contribution in [0.25, 0.3) is 0 Å². The van der Waals surface area contributed by atoms with E-state index in [1.165, 1.54) is 25.7 Å². The largest absolute Gasteiger partial charge is 0.396 e. The summed E-state index contributed by atoms with van der Waals surface area (Å²) < 4.78 is 0. The van der Waals surface area contributed by atoms with Crippen molar-refractivity contribution in [1.29, 1.82) is 0 Å². The van der Waals surface area contributed by atoms with Gasteiger partial charge in [-0.05, 0) is 31.6 Å². The lowest BCUT2D eigenvalue weighted by Gasteiger charge is -2.27. The van der Waals surface area contributed by atoms with Crippen LogP contribution in [0.3, 0.4) is 0 Å². The van der Waals surface area contributed by atoms with Crippen molar-refractivity contribution in [2.45, 2.75) is 37.8 Å². The molecule has 0 aromatic carbocycles. The highest BCUT2D eigenvalue weighted by molar-refractivity contribution is 4.91. The van der Waals surface area contributed by atoms with Gasteiger partial charge in [-0.25, -0.2) is 0 Å². The normalized spacial score (nSPS) is 45.9. The molecule has 0 amide bonds. The predicted molar refractivity (Wildman–Crippen MR) is 39.8 cm³/mol. The first kappa shape index (κ1) is 6.62. The fourth-order valence-corrected chi connectivity index (χ4v) is 2.32. The number of hydrogen-bond donors (Lipinski definition) is 2. The van der Waals surface area contributed by atoms with Gasteiger partial charge in [0.15, 0.2) is 0 Å². The Morgan fingerprint density at radius 1 is 1.20 bits per heavy atom. The van der Waals surface area contributed by atoms with Crippen LogP contribution in [0, 0.1) is 5.92 Å². The van der Waals surface area contributed by atoms with E-state index in [2.05, 4.69) is 5.32 Å². The Labute approximate surface area is 61.6 Å². The number of aliphatic hydroxyl groups is 1. The Bertz CT molecular complexity index is 114. The minimum atomic E-state index is 0.398. The highest BCUT2D eigenvalue weighted by atomic mass is 16.3. The van der Waals surface area contributed by atoms with Crippen LogP contribution >= 0.6 is 0 Å². The van der Waals surface area contributed by atoms with Crippen molar-refractivity contribution in [2.24, 2.45) is 5.92 Å². The highest BCUT2D eigenvalue weighted by Gasteiger charge is 2.32.